The number of phenolic OH excluding ortho intramolecular Hbond substituents is 1. The van der Waals surface area contributed by atoms with Crippen LogP contribution in [0.15, 0.2) is 30.6 Å². The van der Waals surface area contributed by atoms with Gasteiger partial charge in [0.15, 0.2) is 5.82 Å². The molecule has 2 aromatic heterocycles. The molecule has 25 heavy (non-hydrogen) atoms. The second-order valence-electron chi connectivity index (χ2n) is 5.08. The number of nitrogens with zero attached hydrogens (tertiary/aromatic N) is 2. The molecule has 0 aliphatic carbocycles. The third-order valence-corrected chi connectivity index (χ3v) is 4.26. The first-order chi connectivity index (χ1) is 11.8. The van der Waals surface area contributed by atoms with E-state index in [1.54, 1.807) is 0 Å². The fraction of sp³-hybridized carbons (Fsp3) is 0. The minimum absolute atomic E-state index is 0.0550. The average Bonchev–Trinajstić information content (AvgIpc) is 2.86. The maximum absolute atomic E-state index is 14.5. The van der Waals surface area contributed by atoms with Crippen LogP contribution in [0.4, 0.5) is 10.1 Å². The van der Waals surface area contributed by atoms with Gasteiger partial charge in [-0.1, -0.05) is 11.5 Å². The highest BCUT2D eigenvalue weighted by Crippen LogP contribution is 2.31. The molecule has 0 aliphatic rings. The fourth-order valence-corrected chi connectivity index (χ4v) is 3.11. The molecule has 0 amide bonds. The predicted octanol–water partition coefficient (Wildman–Crippen LogP) is 0.750. The molecule has 0 aliphatic heterocycles. The Morgan fingerprint density at radius 1 is 1.48 bits per heavy atom. The summed E-state index contributed by atoms with van der Waals surface area (Å²) in [6, 6.07) is 3.54. The number of hydrogen-bond acceptors (Lipinski definition) is 5. The Bertz CT molecular complexity index is 1040. The minimum atomic E-state index is -2.79. The van der Waals surface area contributed by atoms with Gasteiger partial charge in [-0.25, -0.2) is 9.37 Å². The number of anilines is 1. The zero-order valence-corrected chi connectivity index (χ0v) is 14.4. The molecule has 2 heterocycles. The van der Waals surface area contributed by atoms with E-state index in [1.165, 1.54) is 22.8 Å². The molecule has 2 atom stereocenters. The number of halogens is 1. The van der Waals surface area contributed by atoms with E-state index in [2.05, 4.69) is 14.4 Å². The number of pyridine rings is 1. The molecule has 3 rings (SSSR count). The lowest BCUT2D eigenvalue weighted by Gasteiger charge is -2.12. The molecule has 126 valence electrons. The number of phenols is 1. The summed E-state index contributed by atoms with van der Waals surface area (Å²) in [5, 5.41) is 10.3. The van der Waals surface area contributed by atoms with Crippen molar-refractivity contribution in [3.63, 3.8) is 0 Å². The van der Waals surface area contributed by atoms with E-state index in [0.717, 1.165) is 12.1 Å². The van der Waals surface area contributed by atoms with Crippen LogP contribution < -0.4 is 10.2 Å². The van der Waals surface area contributed by atoms with Gasteiger partial charge in [-0.05, 0) is 21.5 Å². The van der Waals surface area contributed by atoms with Crippen molar-refractivity contribution in [1.29, 1.82) is 0 Å². The van der Waals surface area contributed by atoms with Crippen molar-refractivity contribution in [3.8, 4) is 5.75 Å². The van der Waals surface area contributed by atoms with Gasteiger partial charge in [0.25, 0.3) is 0 Å². The van der Waals surface area contributed by atoms with Crippen molar-refractivity contribution >= 4 is 56.5 Å². The van der Waals surface area contributed by atoms with Crippen LogP contribution in [0.1, 0.15) is 15.9 Å². The van der Waals surface area contributed by atoms with E-state index in [4.69, 9.17) is 7.85 Å². The van der Waals surface area contributed by atoms with Crippen molar-refractivity contribution in [2.24, 2.45) is 0 Å². The fourth-order valence-electron chi connectivity index (χ4n) is 2.41. The molecule has 0 spiro atoms. The first-order valence-corrected chi connectivity index (χ1v) is 8.32. The van der Waals surface area contributed by atoms with Crippen molar-refractivity contribution < 1.29 is 23.1 Å². The summed E-state index contributed by atoms with van der Waals surface area (Å²) in [4.78, 5) is 16.9. The molecule has 11 heteroatoms. The van der Waals surface area contributed by atoms with Gasteiger partial charge in [-0.3, -0.25) is 9.00 Å². The van der Waals surface area contributed by atoms with Crippen LogP contribution in [0.5, 0.6) is 5.75 Å². The van der Waals surface area contributed by atoms with E-state index in [1.807, 2.05) is 4.72 Å². The second-order valence-corrected chi connectivity index (χ2v) is 6.31. The molecule has 2 radical (unpaired) electrons. The number of aromatic hydroxyl groups is 1. The van der Waals surface area contributed by atoms with E-state index in [-0.39, 0.29) is 5.56 Å². The summed E-state index contributed by atoms with van der Waals surface area (Å²) in [6.45, 7) is 0. The maximum Gasteiger partial charge on any atom is 0.202 e. The molecular weight excluding hydrogens is 367 g/mol. The number of aromatic nitrogens is 2. The normalized spacial score (nSPS) is 12.3. The van der Waals surface area contributed by atoms with Crippen molar-refractivity contribution in [2.45, 2.75) is 0 Å². The molecule has 2 unspecified atom stereocenters. The largest absolute Gasteiger partial charge is 0.755 e. The lowest BCUT2D eigenvalue weighted by Crippen LogP contribution is -2.10. The highest BCUT2D eigenvalue weighted by Gasteiger charge is 2.24. The van der Waals surface area contributed by atoms with Crippen LogP contribution in [-0.2, 0) is 11.3 Å². The molecule has 0 saturated carbocycles. The molecule has 0 saturated heterocycles. The summed E-state index contributed by atoms with van der Waals surface area (Å²) in [7, 11) is 8.02. The number of rotatable bonds is 4. The standard InChI is InChI=1S/C14H10BFN3O4PS/c15-6-3-7-8(5-19(24)14(7)17-4-6)13(21)11-10(20)2-1-9(12(11)16)18-25(22)23/h1-5,18,20H,24H2,(H,22,23)/p-1. The van der Waals surface area contributed by atoms with Gasteiger partial charge in [-0.15, -0.1) is 0 Å². The molecule has 1 aromatic carbocycles. The van der Waals surface area contributed by atoms with Gasteiger partial charge < -0.3 is 18.7 Å². The average molecular weight is 376 g/mol. The van der Waals surface area contributed by atoms with Crippen LogP contribution in [0.25, 0.3) is 11.0 Å². The highest BCUT2D eigenvalue weighted by molar-refractivity contribution is 7.80. The third kappa shape index (κ3) is 3.16. The number of carbonyl (C=O) groups excluding carboxylic acids is 1. The predicted molar refractivity (Wildman–Crippen MR) is 94.3 cm³/mol. The number of hydrogen-bond donors (Lipinski definition) is 2. The molecule has 0 fully saturated rings. The molecule has 3 aromatic rings. The Morgan fingerprint density at radius 3 is 2.88 bits per heavy atom. The monoisotopic (exact) mass is 376 g/mol. The van der Waals surface area contributed by atoms with Gasteiger partial charge in [0.05, 0.1) is 11.3 Å². The summed E-state index contributed by atoms with van der Waals surface area (Å²) >= 11 is -2.79. The quantitative estimate of drug-likeness (QED) is 0.230. The number of benzene rings is 1. The lowest BCUT2D eigenvalue weighted by atomic mass is 9.95. The Kier molecular flexibility index (Phi) is 4.59. The van der Waals surface area contributed by atoms with Crippen LogP contribution >= 0.6 is 9.39 Å². The molecule has 7 nitrogen and oxygen atoms in total. The Labute approximate surface area is 147 Å². The van der Waals surface area contributed by atoms with Crippen LogP contribution in [0, 0.1) is 5.82 Å². The van der Waals surface area contributed by atoms with E-state index >= 15 is 0 Å². The Morgan fingerprint density at radius 2 is 2.20 bits per heavy atom. The topological polar surface area (TPSA) is 107 Å². The zero-order chi connectivity index (χ0) is 18.3. The maximum atomic E-state index is 14.5. The second kappa shape index (κ2) is 6.55. The number of fused-ring (bicyclic) bond motifs is 1. The Hall–Kier alpha value is -2.29. The van der Waals surface area contributed by atoms with Crippen LogP contribution in [0.3, 0.4) is 0 Å². The minimum Gasteiger partial charge on any atom is -0.755 e. The number of nitrogens with one attached hydrogen (secondary N) is 1. The third-order valence-electron chi connectivity index (χ3n) is 3.48. The number of ketones is 1. The molecular formula is C14H9BFN3O4PS-. The Balaban J connectivity index is 2.19. The van der Waals surface area contributed by atoms with Gasteiger partial charge >= 0.3 is 0 Å². The lowest BCUT2D eigenvalue weighted by molar-refractivity contribution is 0.103. The molecule has 0 bridgehead atoms. The van der Waals surface area contributed by atoms with Crippen molar-refractivity contribution in [3.05, 3.63) is 47.5 Å². The van der Waals surface area contributed by atoms with E-state index in [9.17, 15) is 23.1 Å². The molecule has 2 N–H and O–H groups in total. The van der Waals surface area contributed by atoms with Crippen LogP contribution in [0.2, 0.25) is 0 Å². The summed E-state index contributed by atoms with van der Waals surface area (Å²) in [5.41, 5.74) is -0.339. The van der Waals surface area contributed by atoms with Gasteiger partial charge in [-0.2, -0.15) is 0 Å². The zero-order valence-electron chi connectivity index (χ0n) is 12.4. The van der Waals surface area contributed by atoms with Gasteiger partial charge in [0.2, 0.25) is 5.78 Å². The number of carbonyl (C=O) groups is 1. The smallest absolute Gasteiger partial charge is 0.202 e. The van der Waals surface area contributed by atoms with Gasteiger partial charge in [0.1, 0.15) is 24.8 Å². The van der Waals surface area contributed by atoms with Crippen molar-refractivity contribution in [1.82, 2.24) is 9.32 Å². The highest BCUT2D eigenvalue weighted by atomic mass is 32.2. The summed E-state index contributed by atoms with van der Waals surface area (Å²) in [5.74, 6) is -2.64. The van der Waals surface area contributed by atoms with Crippen molar-refractivity contribution in [2.75, 3.05) is 4.72 Å². The van der Waals surface area contributed by atoms with Crippen LogP contribution in [-0.4, -0.2) is 36.8 Å². The van der Waals surface area contributed by atoms with E-state index in [0.29, 0.717) is 16.5 Å². The first-order valence-electron chi connectivity index (χ1n) is 6.73. The summed E-state index contributed by atoms with van der Waals surface area (Å²) < 4.78 is 39.3. The van der Waals surface area contributed by atoms with Gasteiger partial charge in [0, 0.05) is 29.0 Å². The SMILES string of the molecule is [B]c1cnc2c(c1)c(C(=O)c1c(O)ccc(NS(=O)[O-])c1F)cn2P. The first kappa shape index (κ1) is 17.5. The van der Waals surface area contributed by atoms with E-state index < -0.39 is 39.9 Å². The summed E-state index contributed by atoms with van der Waals surface area (Å²) in [6.07, 6.45) is 2.80.